The topological polar surface area (TPSA) is 70.1 Å². The molecule has 0 radical (unpaired) electrons. The first-order chi connectivity index (χ1) is 10.7. The fourth-order valence-electron chi connectivity index (χ4n) is 2.11. The van der Waals surface area contributed by atoms with Crippen molar-refractivity contribution in [3.8, 4) is 0 Å². The third-order valence-electron chi connectivity index (χ3n) is 3.32. The van der Waals surface area contributed by atoms with Gasteiger partial charge < -0.3 is 0 Å². The molecule has 5 heteroatoms. The fraction of sp³-hybridized carbons (Fsp3) is 0.235. The largest absolute Gasteiger partial charge is 0.282 e. The third kappa shape index (κ3) is 4.70. The second-order valence-electron chi connectivity index (χ2n) is 5.00. The van der Waals surface area contributed by atoms with E-state index in [1.165, 1.54) is 0 Å². The molecular formula is C17H20N4O. The lowest BCUT2D eigenvalue weighted by Crippen LogP contribution is -2.17. The first kappa shape index (κ1) is 15.7. The molecule has 0 atom stereocenters. The van der Waals surface area contributed by atoms with Gasteiger partial charge in [-0.2, -0.15) is 10.2 Å². The number of aromatic nitrogens is 2. The normalized spacial score (nSPS) is 11.4. The Balaban J connectivity index is 1.74. The lowest BCUT2D eigenvalue weighted by atomic mass is 10.1. The van der Waals surface area contributed by atoms with Crippen molar-refractivity contribution >= 4 is 18.2 Å². The van der Waals surface area contributed by atoms with Crippen LogP contribution in [-0.4, -0.2) is 22.3 Å². The van der Waals surface area contributed by atoms with Gasteiger partial charge in [0.2, 0.25) is 5.91 Å². The van der Waals surface area contributed by atoms with Crippen LogP contribution in [0.2, 0.25) is 0 Å². The van der Waals surface area contributed by atoms with Crippen LogP contribution in [-0.2, 0) is 11.2 Å². The standard InChI is InChI=1S/C17H20N4O/c1-13-16(14(2)20-19-13)10-11-17(22)21-18-12-6-9-15-7-4-3-5-8-15/h3-9,12H,10-11H2,1-2H3,(H,19,20)(H,21,22)/b9-6+,18-12-. The lowest BCUT2D eigenvalue weighted by molar-refractivity contribution is -0.121. The van der Waals surface area contributed by atoms with Crippen LogP contribution in [0.15, 0.2) is 41.5 Å². The molecule has 0 aliphatic rings. The Bertz CT molecular complexity index is 652. The van der Waals surface area contributed by atoms with E-state index in [-0.39, 0.29) is 5.91 Å². The maximum Gasteiger partial charge on any atom is 0.240 e. The highest BCUT2D eigenvalue weighted by atomic mass is 16.2. The van der Waals surface area contributed by atoms with Crippen molar-refractivity contribution < 1.29 is 4.79 Å². The van der Waals surface area contributed by atoms with Gasteiger partial charge in [0, 0.05) is 18.3 Å². The molecule has 0 bridgehead atoms. The molecule has 1 aromatic heterocycles. The average Bonchev–Trinajstić information content (AvgIpc) is 2.84. The summed E-state index contributed by atoms with van der Waals surface area (Å²) in [5, 5.41) is 10.9. The summed E-state index contributed by atoms with van der Waals surface area (Å²) in [7, 11) is 0. The summed E-state index contributed by atoms with van der Waals surface area (Å²) in [5.74, 6) is -0.107. The number of carbonyl (C=O) groups is 1. The van der Waals surface area contributed by atoms with Crippen molar-refractivity contribution in [2.24, 2.45) is 5.10 Å². The molecule has 1 aromatic carbocycles. The van der Waals surface area contributed by atoms with Crippen LogP contribution in [0.3, 0.4) is 0 Å². The number of nitrogens with one attached hydrogen (secondary N) is 2. The number of aryl methyl sites for hydroxylation is 2. The van der Waals surface area contributed by atoms with E-state index >= 15 is 0 Å². The Morgan fingerprint density at radius 3 is 2.77 bits per heavy atom. The van der Waals surface area contributed by atoms with Gasteiger partial charge in [-0.1, -0.05) is 36.4 Å². The number of rotatable bonds is 6. The zero-order valence-electron chi connectivity index (χ0n) is 12.8. The molecule has 2 N–H and O–H groups in total. The Morgan fingerprint density at radius 2 is 2.09 bits per heavy atom. The number of benzene rings is 1. The van der Waals surface area contributed by atoms with Gasteiger partial charge in [0.15, 0.2) is 0 Å². The number of hydrazone groups is 1. The van der Waals surface area contributed by atoms with Crippen LogP contribution < -0.4 is 5.43 Å². The van der Waals surface area contributed by atoms with Gasteiger partial charge in [0.1, 0.15) is 0 Å². The fourth-order valence-corrected chi connectivity index (χ4v) is 2.11. The number of allylic oxidation sites excluding steroid dienone is 1. The molecule has 0 saturated heterocycles. The van der Waals surface area contributed by atoms with Crippen molar-refractivity contribution in [3.63, 3.8) is 0 Å². The Labute approximate surface area is 130 Å². The molecular weight excluding hydrogens is 276 g/mol. The monoisotopic (exact) mass is 296 g/mol. The van der Waals surface area contributed by atoms with Gasteiger partial charge in [-0.3, -0.25) is 9.89 Å². The maximum absolute atomic E-state index is 11.7. The summed E-state index contributed by atoms with van der Waals surface area (Å²) < 4.78 is 0. The van der Waals surface area contributed by atoms with Gasteiger partial charge >= 0.3 is 0 Å². The predicted molar refractivity (Wildman–Crippen MR) is 88.5 cm³/mol. The Hall–Kier alpha value is -2.69. The van der Waals surface area contributed by atoms with E-state index in [0.717, 1.165) is 22.5 Å². The van der Waals surface area contributed by atoms with Crippen molar-refractivity contribution in [2.45, 2.75) is 26.7 Å². The van der Waals surface area contributed by atoms with E-state index in [1.807, 2.05) is 50.3 Å². The van der Waals surface area contributed by atoms with E-state index in [9.17, 15) is 4.79 Å². The molecule has 2 rings (SSSR count). The predicted octanol–water partition coefficient (Wildman–Crippen LogP) is 2.77. The minimum Gasteiger partial charge on any atom is -0.282 e. The average molecular weight is 296 g/mol. The smallest absolute Gasteiger partial charge is 0.240 e. The summed E-state index contributed by atoms with van der Waals surface area (Å²) in [6.07, 6.45) is 6.34. The molecule has 0 spiro atoms. The van der Waals surface area contributed by atoms with Crippen LogP contribution in [0, 0.1) is 13.8 Å². The van der Waals surface area contributed by atoms with Gasteiger partial charge in [-0.15, -0.1) is 0 Å². The summed E-state index contributed by atoms with van der Waals surface area (Å²) in [6, 6.07) is 9.91. The first-order valence-electron chi connectivity index (χ1n) is 7.21. The number of hydrogen-bond donors (Lipinski definition) is 2. The SMILES string of the molecule is Cc1n[nH]c(C)c1CCC(=O)N/N=C\C=C\c1ccccc1. The molecule has 114 valence electrons. The van der Waals surface area contributed by atoms with Gasteiger partial charge in [0.05, 0.1) is 5.69 Å². The van der Waals surface area contributed by atoms with E-state index in [4.69, 9.17) is 0 Å². The molecule has 0 saturated carbocycles. The molecule has 1 amide bonds. The molecule has 22 heavy (non-hydrogen) atoms. The summed E-state index contributed by atoms with van der Waals surface area (Å²) in [4.78, 5) is 11.7. The van der Waals surface area contributed by atoms with Crippen LogP contribution in [0.5, 0.6) is 0 Å². The summed E-state index contributed by atoms with van der Waals surface area (Å²) in [6.45, 7) is 3.89. The number of aromatic amines is 1. The van der Waals surface area contributed by atoms with E-state index in [2.05, 4.69) is 20.7 Å². The molecule has 0 aliphatic carbocycles. The second kappa shape index (κ2) is 7.93. The van der Waals surface area contributed by atoms with E-state index in [0.29, 0.717) is 12.8 Å². The molecule has 0 unspecified atom stereocenters. The molecule has 5 nitrogen and oxygen atoms in total. The summed E-state index contributed by atoms with van der Waals surface area (Å²) in [5.41, 5.74) is 6.67. The summed E-state index contributed by atoms with van der Waals surface area (Å²) >= 11 is 0. The quantitative estimate of drug-likeness (QED) is 0.635. The molecule has 0 fully saturated rings. The van der Waals surface area contributed by atoms with Crippen molar-refractivity contribution in [2.75, 3.05) is 0 Å². The minimum absolute atomic E-state index is 0.107. The highest BCUT2D eigenvalue weighted by Gasteiger charge is 2.08. The number of nitrogens with zero attached hydrogens (tertiary/aromatic N) is 2. The van der Waals surface area contributed by atoms with Crippen molar-refractivity contribution in [3.05, 3.63) is 58.9 Å². The Morgan fingerprint density at radius 1 is 1.32 bits per heavy atom. The van der Waals surface area contributed by atoms with Crippen molar-refractivity contribution in [1.82, 2.24) is 15.6 Å². The highest BCUT2D eigenvalue weighted by molar-refractivity contribution is 5.81. The highest BCUT2D eigenvalue weighted by Crippen LogP contribution is 2.11. The molecule has 1 heterocycles. The number of hydrogen-bond acceptors (Lipinski definition) is 3. The first-order valence-corrected chi connectivity index (χ1v) is 7.21. The maximum atomic E-state index is 11.7. The number of H-pyrrole nitrogens is 1. The zero-order chi connectivity index (χ0) is 15.8. The van der Waals surface area contributed by atoms with E-state index < -0.39 is 0 Å². The van der Waals surface area contributed by atoms with Crippen LogP contribution in [0.25, 0.3) is 6.08 Å². The van der Waals surface area contributed by atoms with Gasteiger partial charge in [-0.05, 0) is 37.5 Å². The lowest BCUT2D eigenvalue weighted by Gasteiger charge is -2.00. The van der Waals surface area contributed by atoms with Crippen molar-refractivity contribution in [1.29, 1.82) is 0 Å². The van der Waals surface area contributed by atoms with E-state index in [1.54, 1.807) is 12.3 Å². The van der Waals surface area contributed by atoms with Crippen LogP contribution in [0.1, 0.15) is 28.9 Å². The molecule has 0 aliphatic heterocycles. The zero-order valence-corrected chi connectivity index (χ0v) is 12.8. The second-order valence-corrected chi connectivity index (χ2v) is 5.00. The molecule has 2 aromatic rings. The Kier molecular flexibility index (Phi) is 5.65. The van der Waals surface area contributed by atoms with Crippen LogP contribution >= 0.6 is 0 Å². The number of amides is 1. The number of carbonyl (C=O) groups excluding carboxylic acids is 1. The van der Waals surface area contributed by atoms with Gasteiger partial charge in [-0.25, -0.2) is 5.43 Å². The van der Waals surface area contributed by atoms with Crippen LogP contribution in [0.4, 0.5) is 0 Å². The van der Waals surface area contributed by atoms with Gasteiger partial charge in [0.25, 0.3) is 0 Å². The third-order valence-corrected chi connectivity index (χ3v) is 3.32. The minimum atomic E-state index is -0.107.